The van der Waals surface area contributed by atoms with Gasteiger partial charge in [0.05, 0.1) is 0 Å². The van der Waals surface area contributed by atoms with E-state index in [4.69, 9.17) is 4.52 Å². The summed E-state index contributed by atoms with van der Waals surface area (Å²) in [5.74, 6) is 2.26. The molecule has 23 heavy (non-hydrogen) atoms. The van der Waals surface area contributed by atoms with E-state index in [-0.39, 0.29) is 5.92 Å². The van der Waals surface area contributed by atoms with Crippen molar-refractivity contribution >= 4 is 10.2 Å². The molecule has 0 bridgehead atoms. The van der Waals surface area contributed by atoms with E-state index in [1.54, 1.807) is 8.61 Å². The maximum atomic E-state index is 12.7. The van der Waals surface area contributed by atoms with Gasteiger partial charge in [-0.2, -0.15) is 22.0 Å². The lowest BCUT2D eigenvalue weighted by Gasteiger charge is -2.33. The second-order valence-electron chi connectivity index (χ2n) is 7.00. The normalized spacial score (nSPS) is 27.6. The molecule has 8 heteroatoms. The highest BCUT2D eigenvalue weighted by Gasteiger charge is 2.35. The Kier molecular flexibility index (Phi) is 4.15. The largest absolute Gasteiger partial charge is 0.339 e. The summed E-state index contributed by atoms with van der Waals surface area (Å²) < 4.78 is 34.0. The van der Waals surface area contributed by atoms with Crippen LogP contribution in [-0.2, 0) is 16.6 Å². The van der Waals surface area contributed by atoms with Gasteiger partial charge in [0.15, 0.2) is 5.82 Å². The predicted molar refractivity (Wildman–Crippen MR) is 84.0 cm³/mol. The molecule has 0 N–H and O–H groups in total. The minimum atomic E-state index is -3.29. The van der Waals surface area contributed by atoms with Crippen molar-refractivity contribution in [2.45, 2.75) is 50.9 Å². The number of nitrogens with zero attached hydrogens (tertiary/aromatic N) is 4. The summed E-state index contributed by atoms with van der Waals surface area (Å²) in [7, 11) is -3.29. The van der Waals surface area contributed by atoms with Crippen molar-refractivity contribution in [2.75, 3.05) is 26.2 Å². The van der Waals surface area contributed by atoms with Crippen LogP contribution in [0.3, 0.4) is 0 Å². The first-order valence-corrected chi connectivity index (χ1v) is 10.1. The fraction of sp³-hybridized carbons (Fsp3) is 0.867. The Hall–Kier alpha value is -0.990. The maximum Gasteiger partial charge on any atom is 0.281 e. The fourth-order valence-corrected chi connectivity index (χ4v) is 5.40. The molecule has 1 atom stereocenters. The molecule has 0 amide bonds. The number of hydrogen-bond donors (Lipinski definition) is 0. The van der Waals surface area contributed by atoms with Gasteiger partial charge >= 0.3 is 0 Å². The van der Waals surface area contributed by atoms with E-state index in [2.05, 4.69) is 10.1 Å². The van der Waals surface area contributed by atoms with Crippen molar-refractivity contribution in [1.29, 1.82) is 0 Å². The fourth-order valence-electron chi connectivity index (χ4n) is 3.59. The Labute approximate surface area is 137 Å². The Bertz CT molecular complexity index is 649. The first-order chi connectivity index (χ1) is 11.1. The van der Waals surface area contributed by atoms with E-state index in [0.29, 0.717) is 44.4 Å². The number of piperidine rings is 1. The Morgan fingerprint density at radius 2 is 1.78 bits per heavy atom. The second kappa shape index (κ2) is 6.14. The van der Waals surface area contributed by atoms with Gasteiger partial charge in [0.25, 0.3) is 10.2 Å². The van der Waals surface area contributed by atoms with E-state index in [9.17, 15) is 8.42 Å². The summed E-state index contributed by atoms with van der Waals surface area (Å²) in [6.45, 7) is 2.53. The quantitative estimate of drug-likeness (QED) is 0.812. The van der Waals surface area contributed by atoms with Crippen LogP contribution in [0.5, 0.6) is 0 Å². The van der Waals surface area contributed by atoms with Crippen molar-refractivity contribution < 1.29 is 12.9 Å². The molecule has 128 valence electrons. The summed E-state index contributed by atoms with van der Waals surface area (Å²) in [6.07, 6.45) is 6.87. The molecular formula is C15H24N4O3S. The number of rotatable bonds is 5. The molecule has 1 saturated carbocycles. The van der Waals surface area contributed by atoms with Crippen LogP contribution in [0.1, 0.15) is 56.2 Å². The minimum Gasteiger partial charge on any atom is -0.339 e. The zero-order valence-corrected chi connectivity index (χ0v) is 14.2. The highest BCUT2D eigenvalue weighted by molar-refractivity contribution is 7.86. The third-order valence-electron chi connectivity index (χ3n) is 5.09. The van der Waals surface area contributed by atoms with Gasteiger partial charge < -0.3 is 4.52 Å². The first kappa shape index (κ1) is 15.5. The smallest absolute Gasteiger partial charge is 0.281 e. The van der Waals surface area contributed by atoms with E-state index in [0.717, 1.165) is 44.3 Å². The van der Waals surface area contributed by atoms with Gasteiger partial charge in [0, 0.05) is 38.5 Å². The summed E-state index contributed by atoms with van der Waals surface area (Å²) in [5.41, 5.74) is 0. The van der Waals surface area contributed by atoms with Crippen LogP contribution in [0.25, 0.3) is 0 Å². The summed E-state index contributed by atoms with van der Waals surface area (Å²) >= 11 is 0. The lowest BCUT2D eigenvalue weighted by atomic mass is 9.96. The van der Waals surface area contributed by atoms with Gasteiger partial charge in [-0.3, -0.25) is 0 Å². The van der Waals surface area contributed by atoms with Crippen LogP contribution in [0, 0.1) is 5.92 Å². The van der Waals surface area contributed by atoms with E-state index in [1.807, 2.05) is 0 Å². The third-order valence-corrected chi connectivity index (χ3v) is 7.09. The Morgan fingerprint density at radius 3 is 2.52 bits per heavy atom. The molecule has 1 aliphatic carbocycles. The van der Waals surface area contributed by atoms with Crippen molar-refractivity contribution in [1.82, 2.24) is 18.8 Å². The lowest BCUT2D eigenvalue weighted by Crippen LogP contribution is -2.47. The molecule has 4 rings (SSSR count). The molecule has 0 aromatic carbocycles. The van der Waals surface area contributed by atoms with Crippen molar-refractivity contribution in [3.05, 3.63) is 11.7 Å². The van der Waals surface area contributed by atoms with E-state index < -0.39 is 10.2 Å². The van der Waals surface area contributed by atoms with Crippen LogP contribution in [0.2, 0.25) is 0 Å². The molecule has 3 heterocycles. The SMILES string of the molecule is O=S(=O)(N1CCCC1)N1CCC[C@H](Cc2nc(C3CC3)no2)C1. The summed E-state index contributed by atoms with van der Waals surface area (Å²) in [4.78, 5) is 4.47. The van der Waals surface area contributed by atoms with Crippen molar-refractivity contribution in [2.24, 2.45) is 5.92 Å². The maximum absolute atomic E-state index is 12.7. The van der Waals surface area contributed by atoms with E-state index >= 15 is 0 Å². The van der Waals surface area contributed by atoms with Gasteiger partial charge in [-0.15, -0.1) is 0 Å². The Morgan fingerprint density at radius 1 is 1.04 bits per heavy atom. The zero-order valence-electron chi connectivity index (χ0n) is 13.4. The van der Waals surface area contributed by atoms with Gasteiger partial charge in [0.1, 0.15) is 0 Å². The molecule has 1 aromatic rings. The lowest BCUT2D eigenvalue weighted by molar-refractivity contribution is 0.235. The predicted octanol–water partition coefficient (Wildman–Crippen LogP) is 1.54. The van der Waals surface area contributed by atoms with Crippen LogP contribution in [-0.4, -0.2) is 53.3 Å². The van der Waals surface area contributed by atoms with Crippen LogP contribution < -0.4 is 0 Å². The topological polar surface area (TPSA) is 79.5 Å². The van der Waals surface area contributed by atoms with Crippen molar-refractivity contribution in [3.63, 3.8) is 0 Å². The first-order valence-electron chi connectivity index (χ1n) is 8.70. The van der Waals surface area contributed by atoms with Gasteiger partial charge in [-0.05, 0) is 44.4 Å². The van der Waals surface area contributed by atoms with Crippen LogP contribution in [0.4, 0.5) is 0 Å². The molecular weight excluding hydrogens is 316 g/mol. The Balaban J connectivity index is 1.39. The van der Waals surface area contributed by atoms with Gasteiger partial charge in [-0.1, -0.05) is 5.16 Å². The highest BCUT2D eigenvalue weighted by atomic mass is 32.2. The highest BCUT2D eigenvalue weighted by Crippen LogP contribution is 2.38. The average molecular weight is 340 g/mol. The molecule has 3 aliphatic rings. The molecule has 0 spiro atoms. The standard InChI is InChI=1S/C15H24N4O3S/c20-23(21,18-7-1-2-8-18)19-9-3-4-12(11-19)10-14-16-15(17-22-14)13-5-6-13/h12-13H,1-11H2/t12-/m1/s1. The molecule has 2 aliphatic heterocycles. The second-order valence-corrected chi connectivity index (χ2v) is 8.93. The van der Waals surface area contributed by atoms with Crippen molar-refractivity contribution in [3.8, 4) is 0 Å². The van der Waals surface area contributed by atoms with Crippen LogP contribution >= 0.6 is 0 Å². The molecule has 0 unspecified atom stereocenters. The summed E-state index contributed by atoms with van der Waals surface area (Å²) in [5, 5.41) is 4.05. The molecule has 7 nitrogen and oxygen atoms in total. The number of aromatic nitrogens is 2. The zero-order chi connectivity index (χ0) is 15.9. The average Bonchev–Trinajstić information content (AvgIpc) is 3.05. The monoisotopic (exact) mass is 340 g/mol. The minimum absolute atomic E-state index is 0.272. The summed E-state index contributed by atoms with van der Waals surface area (Å²) in [6, 6.07) is 0. The van der Waals surface area contributed by atoms with Crippen LogP contribution in [0.15, 0.2) is 4.52 Å². The molecule has 1 aromatic heterocycles. The van der Waals surface area contributed by atoms with E-state index in [1.165, 1.54) is 0 Å². The molecule has 2 saturated heterocycles. The number of hydrogen-bond acceptors (Lipinski definition) is 5. The molecule has 0 radical (unpaired) electrons. The van der Waals surface area contributed by atoms with Gasteiger partial charge in [0.2, 0.25) is 5.89 Å². The van der Waals surface area contributed by atoms with Gasteiger partial charge in [-0.25, -0.2) is 0 Å². The third kappa shape index (κ3) is 3.29. The molecule has 3 fully saturated rings.